The lowest BCUT2D eigenvalue weighted by molar-refractivity contribution is 0.558. The van der Waals surface area contributed by atoms with E-state index in [9.17, 15) is 0 Å². The third-order valence-electron chi connectivity index (χ3n) is 3.06. The summed E-state index contributed by atoms with van der Waals surface area (Å²) in [7, 11) is 0. The van der Waals surface area contributed by atoms with Crippen LogP contribution in [0.25, 0.3) is 0 Å². The predicted octanol–water partition coefficient (Wildman–Crippen LogP) is 3.78. The van der Waals surface area contributed by atoms with Crippen molar-refractivity contribution in [3.8, 4) is 0 Å². The van der Waals surface area contributed by atoms with Gasteiger partial charge in [-0.2, -0.15) is 12.6 Å². The standard InChI is InChI=1S/C14H23NS/c1-4-13(11-16)10-15(5-2)14-8-6-7-12(3)9-14/h6-9,13,16H,4-5,10-11H2,1-3H3. The maximum Gasteiger partial charge on any atom is 0.0368 e. The van der Waals surface area contributed by atoms with Crippen LogP contribution in [0.4, 0.5) is 5.69 Å². The summed E-state index contributed by atoms with van der Waals surface area (Å²) in [5, 5.41) is 0. The second kappa shape index (κ2) is 6.85. The van der Waals surface area contributed by atoms with Crippen molar-refractivity contribution in [2.75, 3.05) is 23.7 Å². The van der Waals surface area contributed by atoms with Gasteiger partial charge in [-0.15, -0.1) is 0 Å². The maximum atomic E-state index is 4.42. The lowest BCUT2D eigenvalue weighted by atomic mass is 10.1. The van der Waals surface area contributed by atoms with E-state index in [2.05, 4.69) is 62.6 Å². The second-order valence-corrected chi connectivity index (χ2v) is 4.70. The van der Waals surface area contributed by atoms with Gasteiger partial charge in [-0.3, -0.25) is 0 Å². The highest BCUT2D eigenvalue weighted by Gasteiger charge is 2.10. The highest BCUT2D eigenvalue weighted by molar-refractivity contribution is 7.80. The van der Waals surface area contributed by atoms with E-state index < -0.39 is 0 Å². The highest BCUT2D eigenvalue weighted by Crippen LogP contribution is 2.18. The van der Waals surface area contributed by atoms with E-state index in [0.717, 1.165) is 18.8 Å². The normalized spacial score (nSPS) is 12.5. The van der Waals surface area contributed by atoms with Gasteiger partial charge in [0.2, 0.25) is 0 Å². The van der Waals surface area contributed by atoms with Crippen LogP contribution in [0.1, 0.15) is 25.8 Å². The molecule has 0 bridgehead atoms. The van der Waals surface area contributed by atoms with Gasteiger partial charge in [-0.1, -0.05) is 25.5 Å². The van der Waals surface area contributed by atoms with Crippen LogP contribution >= 0.6 is 12.6 Å². The van der Waals surface area contributed by atoms with Gasteiger partial charge in [0.15, 0.2) is 0 Å². The Labute approximate surface area is 105 Å². The molecule has 1 atom stereocenters. The van der Waals surface area contributed by atoms with E-state index >= 15 is 0 Å². The zero-order valence-corrected chi connectivity index (χ0v) is 11.5. The van der Waals surface area contributed by atoms with Gasteiger partial charge in [0, 0.05) is 18.8 Å². The molecule has 0 heterocycles. The molecular weight excluding hydrogens is 214 g/mol. The summed E-state index contributed by atoms with van der Waals surface area (Å²) in [6, 6.07) is 8.73. The first-order valence-corrected chi connectivity index (χ1v) is 6.77. The molecule has 0 aromatic heterocycles. The molecule has 2 heteroatoms. The fraction of sp³-hybridized carbons (Fsp3) is 0.571. The van der Waals surface area contributed by atoms with Crippen molar-refractivity contribution in [2.45, 2.75) is 27.2 Å². The average molecular weight is 237 g/mol. The van der Waals surface area contributed by atoms with Gasteiger partial charge in [-0.05, 0) is 43.2 Å². The summed E-state index contributed by atoms with van der Waals surface area (Å²) in [4.78, 5) is 2.44. The first-order valence-electron chi connectivity index (χ1n) is 6.13. The van der Waals surface area contributed by atoms with Crippen LogP contribution in [0.2, 0.25) is 0 Å². The smallest absolute Gasteiger partial charge is 0.0368 e. The molecule has 1 unspecified atom stereocenters. The van der Waals surface area contributed by atoms with Gasteiger partial charge >= 0.3 is 0 Å². The Kier molecular flexibility index (Phi) is 5.75. The molecule has 1 aromatic rings. The van der Waals surface area contributed by atoms with Crippen molar-refractivity contribution in [1.82, 2.24) is 0 Å². The van der Waals surface area contributed by atoms with Gasteiger partial charge in [-0.25, -0.2) is 0 Å². The van der Waals surface area contributed by atoms with Crippen LogP contribution in [-0.4, -0.2) is 18.8 Å². The molecule has 0 N–H and O–H groups in total. The lowest BCUT2D eigenvalue weighted by Gasteiger charge is -2.27. The van der Waals surface area contributed by atoms with E-state index in [0.29, 0.717) is 5.92 Å². The fourth-order valence-electron chi connectivity index (χ4n) is 1.87. The Morgan fingerprint density at radius 2 is 2.06 bits per heavy atom. The SMILES string of the molecule is CCC(CS)CN(CC)c1cccc(C)c1. The first kappa shape index (κ1) is 13.4. The summed E-state index contributed by atoms with van der Waals surface area (Å²) in [5.41, 5.74) is 2.66. The molecule has 0 aliphatic heterocycles. The largest absolute Gasteiger partial charge is 0.371 e. The fourth-order valence-corrected chi connectivity index (χ4v) is 2.24. The third-order valence-corrected chi connectivity index (χ3v) is 3.58. The van der Waals surface area contributed by atoms with Crippen LogP contribution < -0.4 is 4.90 Å². The number of rotatable bonds is 6. The quantitative estimate of drug-likeness (QED) is 0.737. The number of hydrogen-bond donors (Lipinski definition) is 1. The van der Waals surface area contributed by atoms with Gasteiger partial charge in [0.1, 0.15) is 0 Å². The monoisotopic (exact) mass is 237 g/mol. The molecule has 16 heavy (non-hydrogen) atoms. The van der Waals surface area contributed by atoms with Crippen LogP contribution in [-0.2, 0) is 0 Å². The molecule has 0 aliphatic rings. The molecule has 90 valence electrons. The van der Waals surface area contributed by atoms with E-state index in [-0.39, 0.29) is 0 Å². The summed E-state index contributed by atoms with van der Waals surface area (Å²) in [6.45, 7) is 8.78. The lowest BCUT2D eigenvalue weighted by Crippen LogP contribution is -2.29. The van der Waals surface area contributed by atoms with Gasteiger partial charge < -0.3 is 4.90 Å². The predicted molar refractivity (Wildman–Crippen MR) is 76.7 cm³/mol. The van der Waals surface area contributed by atoms with Crippen LogP contribution in [0.3, 0.4) is 0 Å². The third kappa shape index (κ3) is 3.75. The van der Waals surface area contributed by atoms with Crippen LogP contribution in [0.15, 0.2) is 24.3 Å². The molecule has 1 nitrogen and oxygen atoms in total. The van der Waals surface area contributed by atoms with Crippen molar-refractivity contribution < 1.29 is 0 Å². The molecule has 0 fully saturated rings. The second-order valence-electron chi connectivity index (χ2n) is 4.33. The van der Waals surface area contributed by atoms with E-state index in [1.165, 1.54) is 17.7 Å². The summed E-state index contributed by atoms with van der Waals surface area (Å²) in [6.07, 6.45) is 1.20. The Balaban J connectivity index is 2.74. The number of nitrogens with zero attached hydrogens (tertiary/aromatic N) is 1. The Bertz CT molecular complexity index is 307. The Morgan fingerprint density at radius 1 is 1.31 bits per heavy atom. The van der Waals surface area contributed by atoms with Crippen molar-refractivity contribution >= 4 is 18.3 Å². The summed E-state index contributed by atoms with van der Waals surface area (Å²) >= 11 is 4.42. The first-order chi connectivity index (χ1) is 7.71. The minimum atomic E-state index is 0.684. The number of hydrogen-bond acceptors (Lipinski definition) is 2. The highest BCUT2D eigenvalue weighted by atomic mass is 32.1. The van der Waals surface area contributed by atoms with E-state index in [1.807, 2.05) is 0 Å². The maximum absolute atomic E-state index is 4.42. The van der Waals surface area contributed by atoms with E-state index in [4.69, 9.17) is 0 Å². The molecule has 0 spiro atoms. The van der Waals surface area contributed by atoms with E-state index in [1.54, 1.807) is 0 Å². The van der Waals surface area contributed by atoms with Crippen molar-refractivity contribution in [1.29, 1.82) is 0 Å². The summed E-state index contributed by atoms with van der Waals surface area (Å²) < 4.78 is 0. The molecule has 0 aliphatic carbocycles. The molecular formula is C14H23NS. The summed E-state index contributed by atoms with van der Waals surface area (Å²) in [5.74, 6) is 1.66. The molecule has 0 amide bonds. The molecule has 1 aromatic carbocycles. The molecule has 0 radical (unpaired) electrons. The molecule has 0 saturated heterocycles. The van der Waals surface area contributed by atoms with Crippen molar-refractivity contribution in [3.05, 3.63) is 29.8 Å². The Morgan fingerprint density at radius 3 is 2.56 bits per heavy atom. The number of anilines is 1. The Hall–Kier alpha value is -0.630. The minimum absolute atomic E-state index is 0.684. The minimum Gasteiger partial charge on any atom is -0.371 e. The van der Waals surface area contributed by atoms with Crippen LogP contribution in [0, 0.1) is 12.8 Å². The molecule has 0 saturated carbocycles. The number of aryl methyl sites for hydroxylation is 1. The zero-order valence-electron chi connectivity index (χ0n) is 10.6. The van der Waals surface area contributed by atoms with Gasteiger partial charge in [0.25, 0.3) is 0 Å². The average Bonchev–Trinajstić information content (AvgIpc) is 2.31. The topological polar surface area (TPSA) is 3.24 Å². The van der Waals surface area contributed by atoms with Crippen molar-refractivity contribution in [3.63, 3.8) is 0 Å². The van der Waals surface area contributed by atoms with Crippen LogP contribution in [0.5, 0.6) is 0 Å². The van der Waals surface area contributed by atoms with Crippen molar-refractivity contribution in [2.24, 2.45) is 5.92 Å². The van der Waals surface area contributed by atoms with Gasteiger partial charge in [0.05, 0.1) is 0 Å². The zero-order chi connectivity index (χ0) is 12.0. The number of benzene rings is 1. The molecule has 1 rings (SSSR count). The number of thiol groups is 1.